The molecule has 2 aliphatic rings. The van der Waals surface area contributed by atoms with E-state index in [1.807, 2.05) is 13.0 Å². The number of pyridine rings is 1. The number of fused-ring (bicyclic) bond motifs is 1. The highest BCUT2D eigenvalue weighted by molar-refractivity contribution is 5.76. The van der Waals surface area contributed by atoms with Crippen molar-refractivity contribution in [3.05, 3.63) is 32.7 Å². The lowest BCUT2D eigenvalue weighted by Crippen LogP contribution is -2.41. The third kappa shape index (κ3) is 4.00. The molecule has 5 heteroatoms. The normalized spacial score (nSPS) is 25.2. The molecule has 0 unspecified atom stereocenters. The van der Waals surface area contributed by atoms with Crippen molar-refractivity contribution in [2.45, 2.75) is 77.7 Å². The van der Waals surface area contributed by atoms with Crippen LogP contribution in [0, 0.1) is 37.0 Å². The van der Waals surface area contributed by atoms with Crippen molar-refractivity contribution < 1.29 is 4.79 Å². The van der Waals surface area contributed by atoms with Crippen LogP contribution in [0.1, 0.15) is 73.8 Å². The van der Waals surface area contributed by atoms with Gasteiger partial charge in [0.05, 0.1) is 0 Å². The van der Waals surface area contributed by atoms with Gasteiger partial charge in [-0.3, -0.25) is 9.59 Å². The Morgan fingerprint density at radius 1 is 1.19 bits per heavy atom. The van der Waals surface area contributed by atoms with Crippen LogP contribution in [-0.2, 0) is 11.2 Å². The van der Waals surface area contributed by atoms with E-state index >= 15 is 0 Å². The van der Waals surface area contributed by atoms with Crippen molar-refractivity contribution in [3.63, 3.8) is 0 Å². The van der Waals surface area contributed by atoms with Crippen LogP contribution < -0.4 is 10.9 Å². The molecule has 5 nitrogen and oxygen atoms in total. The molecule has 0 bridgehead atoms. The lowest BCUT2D eigenvalue weighted by Gasteiger charge is -2.39. The van der Waals surface area contributed by atoms with Crippen molar-refractivity contribution >= 4 is 5.91 Å². The van der Waals surface area contributed by atoms with Crippen LogP contribution in [0.4, 0.5) is 0 Å². The number of hydrogen-bond donors (Lipinski definition) is 2. The van der Waals surface area contributed by atoms with E-state index in [1.165, 1.54) is 32.1 Å². The number of carbonyl (C=O) groups excluding carboxylic acids is 1. The van der Waals surface area contributed by atoms with Crippen LogP contribution in [0.3, 0.4) is 0 Å². The SMILES string of the molecule is Cc1[nH]c(=O)c(C#N)c(C)c1CCC(=O)N[C@@H]1CC[C@H]2CCCC[C@@H]2C1. The van der Waals surface area contributed by atoms with Crippen LogP contribution in [-0.4, -0.2) is 16.9 Å². The Bertz CT molecular complexity index is 775. The largest absolute Gasteiger partial charge is 0.353 e. The molecule has 1 amide bonds. The minimum atomic E-state index is -0.347. The molecular weight excluding hydrogens is 326 g/mol. The second kappa shape index (κ2) is 8.07. The van der Waals surface area contributed by atoms with E-state index in [0.29, 0.717) is 24.4 Å². The Labute approximate surface area is 155 Å². The van der Waals surface area contributed by atoms with Crippen LogP contribution in [0.15, 0.2) is 4.79 Å². The molecule has 26 heavy (non-hydrogen) atoms. The average Bonchev–Trinajstić information content (AvgIpc) is 2.61. The first kappa shape index (κ1) is 18.7. The number of rotatable bonds is 4. The zero-order chi connectivity index (χ0) is 18.7. The van der Waals surface area contributed by atoms with Gasteiger partial charge in [0, 0.05) is 18.2 Å². The van der Waals surface area contributed by atoms with E-state index in [0.717, 1.165) is 35.9 Å². The molecule has 1 heterocycles. The van der Waals surface area contributed by atoms with Crippen molar-refractivity contribution in [1.29, 1.82) is 5.26 Å². The Morgan fingerprint density at radius 3 is 2.65 bits per heavy atom. The molecule has 0 saturated heterocycles. The number of carbonyl (C=O) groups is 1. The molecule has 0 spiro atoms. The molecule has 1 aromatic heterocycles. The van der Waals surface area contributed by atoms with Gasteiger partial charge in [-0.1, -0.05) is 25.7 Å². The summed E-state index contributed by atoms with van der Waals surface area (Å²) in [6, 6.07) is 2.28. The molecule has 2 fully saturated rings. The van der Waals surface area contributed by atoms with Crippen LogP contribution in [0.25, 0.3) is 0 Å². The van der Waals surface area contributed by atoms with Crippen LogP contribution in [0.2, 0.25) is 0 Å². The average molecular weight is 355 g/mol. The smallest absolute Gasteiger partial charge is 0.266 e. The van der Waals surface area contributed by atoms with E-state index in [1.54, 1.807) is 6.92 Å². The number of H-pyrrole nitrogens is 1. The fourth-order valence-corrected chi connectivity index (χ4v) is 4.96. The number of nitrogens with one attached hydrogen (secondary N) is 2. The first-order valence-electron chi connectivity index (χ1n) is 9.91. The lowest BCUT2D eigenvalue weighted by atomic mass is 9.69. The molecule has 2 N–H and O–H groups in total. The van der Waals surface area contributed by atoms with Gasteiger partial charge in [-0.15, -0.1) is 0 Å². The van der Waals surface area contributed by atoms with Crippen LogP contribution in [0.5, 0.6) is 0 Å². The maximum atomic E-state index is 12.4. The maximum Gasteiger partial charge on any atom is 0.266 e. The number of amides is 1. The molecule has 3 rings (SSSR count). The number of aromatic nitrogens is 1. The minimum absolute atomic E-state index is 0.0766. The third-order valence-corrected chi connectivity index (χ3v) is 6.43. The molecule has 3 atom stereocenters. The van der Waals surface area contributed by atoms with Gasteiger partial charge in [0.2, 0.25) is 5.91 Å². The number of nitrogens with zero attached hydrogens (tertiary/aromatic N) is 1. The quantitative estimate of drug-likeness (QED) is 0.869. The summed E-state index contributed by atoms with van der Waals surface area (Å²) in [5.74, 6) is 1.75. The topological polar surface area (TPSA) is 85.8 Å². The van der Waals surface area contributed by atoms with Gasteiger partial charge in [-0.25, -0.2) is 0 Å². The summed E-state index contributed by atoms with van der Waals surface area (Å²) in [6.45, 7) is 3.62. The van der Waals surface area contributed by atoms with Crippen molar-refractivity contribution in [1.82, 2.24) is 10.3 Å². The standard InChI is InChI=1S/C21H29N3O2/c1-13-18(14(2)23-21(26)19(13)12-22)9-10-20(25)24-17-8-7-15-5-3-4-6-16(15)11-17/h15-17H,3-11H2,1-2H3,(H,23,26)(H,24,25)/t15-,16-,17-/m1/s1. The Balaban J connectivity index is 1.57. The molecule has 0 aliphatic heterocycles. The number of aromatic amines is 1. The van der Waals surface area contributed by atoms with Crippen LogP contribution >= 0.6 is 0 Å². The monoisotopic (exact) mass is 355 g/mol. The third-order valence-electron chi connectivity index (χ3n) is 6.43. The fourth-order valence-electron chi connectivity index (χ4n) is 4.96. The van der Waals surface area contributed by atoms with Crippen molar-refractivity contribution in [3.8, 4) is 6.07 Å². The highest BCUT2D eigenvalue weighted by atomic mass is 16.1. The molecule has 2 saturated carbocycles. The molecular formula is C21H29N3O2. The second-order valence-electron chi connectivity index (χ2n) is 8.05. The minimum Gasteiger partial charge on any atom is -0.353 e. The summed E-state index contributed by atoms with van der Waals surface area (Å²) < 4.78 is 0. The predicted molar refractivity (Wildman–Crippen MR) is 101 cm³/mol. The predicted octanol–water partition coefficient (Wildman–Crippen LogP) is 3.27. The summed E-state index contributed by atoms with van der Waals surface area (Å²) in [5.41, 5.74) is 2.17. The van der Waals surface area contributed by atoms with E-state index in [2.05, 4.69) is 10.3 Å². The van der Waals surface area contributed by atoms with Gasteiger partial charge in [0.1, 0.15) is 11.6 Å². The summed E-state index contributed by atoms with van der Waals surface area (Å²) >= 11 is 0. The number of aryl methyl sites for hydroxylation is 1. The Hall–Kier alpha value is -2.09. The first-order chi connectivity index (χ1) is 12.5. The van der Waals surface area contributed by atoms with Gasteiger partial charge >= 0.3 is 0 Å². The Kier molecular flexibility index (Phi) is 5.80. The van der Waals surface area contributed by atoms with Gasteiger partial charge < -0.3 is 10.3 Å². The van der Waals surface area contributed by atoms with Gasteiger partial charge in [0.25, 0.3) is 5.56 Å². The van der Waals surface area contributed by atoms with E-state index < -0.39 is 0 Å². The summed E-state index contributed by atoms with van der Waals surface area (Å²) in [5, 5.41) is 12.4. The molecule has 0 aromatic carbocycles. The van der Waals surface area contributed by atoms with Crippen molar-refractivity contribution in [2.75, 3.05) is 0 Å². The first-order valence-corrected chi connectivity index (χ1v) is 9.91. The van der Waals surface area contributed by atoms with E-state index in [9.17, 15) is 9.59 Å². The van der Waals surface area contributed by atoms with Crippen molar-refractivity contribution in [2.24, 2.45) is 11.8 Å². The lowest BCUT2D eigenvalue weighted by molar-refractivity contribution is -0.122. The maximum absolute atomic E-state index is 12.4. The van der Waals surface area contributed by atoms with E-state index in [4.69, 9.17) is 5.26 Å². The second-order valence-corrected chi connectivity index (χ2v) is 8.05. The highest BCUT2D eigenvalue weighted by Crippen LogP contribution is 2.40. The molecule has 0 radical (unpaired) electrons. The summed E-state index contributed by atoms with van der Waals surface area (Å²) in [4.78, 5) is 27.0. The van der Waals surface area contributed by atoms with Gasteiger partial charge in [-0.05, 0) is 62.5 Å². The van der Waals surface area contributed by atoms with E-state index in [-0.39, 0.29) is 17.0 Å². The number of hydrogen-bond acceptors (Lipinski definition) is 3. The molecule has 1 aromatic rings. The zero-order valence-electron chi connectivity index (χ0n) is 15.9. The highest BCUT2D eigenvalue weighted by Gasteiger charge is 2.32. The van der Waals surface area contributed by atoms with Gasteiger partial charge in [-0.2, -0.15) is 5.26 Å². The summed E-state index contributed by atoms with van der Waals surface area (Å²) in [7, 11) is 0. The fraction of sp³-hybridized carbons (Fsp3) is 0.667. The summed E-state index contributed by atoms with van der Waals surface area (Å²) in [6.07, 6.45) is 9.83. The number of nitriles is 1. The molecule has 140 valence electrons. The molecule has 2 aliphatic carbocycles. The Morgan fingerprint density at radius 2 is 1.92 bits per heavy atom. The van der Waals surface area contributed by atoms with Gasteiger partial charge in [0.15, 0.2) is 0 Å². The zero-order valence-corrected chi connectivity index (χ0v) is 15.9.